The monoisotopic (exact) mass is 265 g/mol. The van der Waals surface area contributed by atoms with Crippen LogP contribution in [-0.2, 0) is 4.74 Å². The molecule has 1 rings (SSSR count). The lowest BCUT2D eigenvalue weighted by Gasteiger charge is -2.16. The van der Waals surface area contributed by atoms with Crippen LogP contribution in [0.25, 0.3) is 0 Å². The molecule has 0 fully saturated rings. The van der Waals surface area contributed by atoms with Gasteiger partial charge < -0.3 is 15.0 Å². The van der Waals surface area contributed by atoms with E-state index in [0.717, 1.165) is 5.69 Å². The van der Waals surface area contributed by atoms with Crippen molar-refractivity contribution in [2.45, 2.75) is 6.92 Å². The third kappa shape index (κ3) is 3.87. The summed E-state index contributed by atoms with van der Waals surface area (Å²) in [7, 11) is 5.29. The third-order valence-electron chi connectivity index (χ3n) is 2.50. The van der Waals surface area contributed by atoms with Gasteiger partial charge in [0.2, 0.25) is 0 Å². The van der Waals surface area contributed by atoms with Crippen LogP contribution >= 0.6 is 0 Å². The molecule has 2 amide bonds. The number of anilines is 2. The molecule has 0 aliphatic carbocycles. The summed E-state index contributed by atoms with van der Waals surface area (Å²) in [5.41, 5.74) is 1.68. The zero-order valence-corrected chi connectivity index (χ0v) is 11.6. The Bertz CT molecular complexity index is 472. The molecule has 104 valence electrons. The van der Waals surface area contributed by atoms with Crippen LogP contribution in [0.5, 0.6) is 0 Å². The van der Waals surface area contributed by atoms with Crippen molar-refractivity contribution >= 4 is 23.4 Å². The summed E-state index contributed by atoms with van der Waals surface area (Å²) in [6, 6.07) is 5.20. The van der Waals surface area contributed by atoms with E-state index in [-0.39, 0.29) is 12.5 Å². The average Bonchev–Trinajstić information content (AvgIpc) is 2.38. The summed E-state index contributed by atoms with van der Waals surface area (Å²) in [5, 5.41) is 5.10. The number of ether oxygens (including phenoxy) is 1. The Labute approximate surface area is 112 Å². The minimum absolute atomic E-state index is 0.268. The Morgan fingerprint density at radius 3 is 2.53 bits per heavy atom. The first-order valence-electron chi connectivity index (χ1n) is 5.96. The summed E-state index contributed by atoms with van der Waals surface area (Å²) >= 11 is 0. The van der Waals surface area contributed by atoms with Gasteiger partial charge in [-0.3, -0.25) is 10.1 Å². The van der Waals surface area contributed by atoms with E-state index in [9.17, 15) is 9.59 Å². The Morgan fingerprint density at radius 1 is 1.32 bits per heavy atom. The minimum Gasteiger partial charge on any atom is -0.450 e. The van der Waals surface area contributed by atoms with Gasteiger partial charge in [0.15, 0.2) is 0 Å². The Balaban J connectivity index is 3.09. The first kappa shape index (κ1) is 14.8. The third-order valence-corrected chi connectivity index (χ3v) is 2.50. The Kier molecular flexibility index (Phi) is 5.17. The molecule has 1 aromatic rings. The Morgan fingerprint density at radius 2 is 2.00 bits per heavy atom. The lowest BCUT2D eigenvalue weighted by atomic mass is 10.1. The van der Waals surface area contributed by atoms with Gasteiger partial charge in [-0.2, -0.15) is 0 Å². The SMILES string of the molecule is CCOC(=O)Nc1ccc(N(C)C)cc1C(=O)NC. The van der Waals surface area contributed by atoms with Crippen molar-refractivity contribution in [3.63, 3.8) is 0 Å². The van der Waals surface area contributed by atoms with Crippen LogP contribution in [0.2, 0.25) is 0 Å². The number of nitrogens with one attached hydrogen (secondary N) is 2. The molecule has 0 spiro atoms. The van der Waals surface area contributed by atoms with E-state index >= 15 is 0 Å². The van der Waals surface area contributed by atoms with E-state index in [0.29, 0.717) is 11.3 Å². The van der Waals surface area contributed by atoms with Crippen LogP contribution < -0.4 is 15.5 Å². The summed E-state index contributed by atoms with van der Waals surface area (Å²) in [5.74, 6) is -0.268. The molecule has 19 heavy (non-hydrogen) atoms. The quantitative estimate of drug-likeness (QED) is 0.869. The molecule has 0 bridgehead atoms. The fraction of sp³-hybridized carbons (Fsp3) is 0.385. The average molecular weight is 265 g/mol. The van der Waals surface area contributed by atoms with Crippen molar-refractivity contribution < 1.29 is 14.3 Å². The van der Waals surface area contributed by atoms with Crippen LogP contribution in [0.1, 0.15) is 17.3 Å². The lowest BCUT2D eigenvalue weighted by Crippen LogP contribution is -2.22. The molecule has 6 nitrogen and oxygen atoms in total. The van der Waals surface area contributed by atoms with Gasteiger partial charge in [-0.05, 0) is 25.1 Å². The van der Waals surface area contributed by atoms with E-state index in [1.807, 2.05) is 25.1 Å². The number of amides is 2. The van der Waals surface area contributed by atoms with Gasteiger partial charge in [-0.15, -0.1) is 0 Å². The molecule has 6 heteroatoms. The van der Waals surface area contributed by atoms with Crippen molar-refractivity contribution in [1.29, 1.82) is 0 Å². The highest BCUT2D eigenvalue weighted by Crippen LogP contribution is 2.22. The molecule has 0 heterocycles. The molecule has 0 saturated carbocycles. The molecular formula is C13H19N3O3. The lowest BCUT2D eigenvalue weighted by molar-refractivity contribution is 0.0964. The smallest absolute Gasteiger partial charge is 0.411 e. The highest BCUT2D eigenvalue weighted by molar-refractivity contribution is 6.03. The van der Waals surface area contributed by atoms with Crippen LogP contribution in [0.15, 0.2) is 18.2 Å². The van der Waals surface area contributed by atoms with Crippen LogP contribution in [0.4, 0.5) is 16.2 Å². The standard InChI is InChI=1S/C13H19N3O3/c1-5-19-13(18)15-11-7-6-9(16(3)4)8-10(11)12(17)14-2/h6-8H,5H2,1-4H3,(H,14,17)(H,15,18). The van der Waals surface area contributed by atoms with Gasteiger partial charge in [0.1, 0.15) is 0 Å². The Hall–Kier alpha value is -2.24. The molecule has 2 N–H and O–H groups in total. The molecular weight excluding hydrogens is 246 g/mol. The summed E-state index contributed by atoms with van der Waals surface area (Å²) in [6.45, 7) is 1.99. The van der Waals surface area contributed by atoms with Crippen LogP contribution in [-0.4, -0.2) is 39.8 Å². The number of hydrogen-bond donors (Lipinski definition) is 2. The number of carbonyl (C=O) groups is 2. The van der Waals surface area contributed by atoms with Crippen molar-refractivity contribution in [3.05, 3.63) is 23.8 Å². The van der Waals surface area contributed by atoms with Crippen molar-refractivity contribution in [3.8, 4) is 0 Å². The zero-order valence-electron chi connectivity index (χ0n) is 11.6. The van der Waals surface area contributed by atoms with E-state index in [2.05, 4.69) is 10.6 Å². The molecule has 0 saturated heterocycles. The number of benzene rings is 1. The van der Waals surface area contributed by atoms with Gasteiger partial charge >= 0.3 is 6.09 Å². The van der Waals surface area contributed by atoms with E-state index in [1.165, 1.54) is 0 Å². The minimum atomic E-state index is -0.578. The van der Waals surface area contributed by atoms with E-state index in [4.69, 9.17) is 4.74 Å². The predicted octanol–water partition coefficient (Wildman–Crippen LogP) is 1.68. The fourth-order valence-corrected chi connectivity index (χ4v) is 1.52. The molecule has 0 aliphatic heterocycles. The van der Waals surface area contributed by atoms with Crippen molar-refractivity contribution in [2.75, 3.05) is 38.0 Å². The maximum Gasteiger partial charge on any atom is 0.411 e. The molecule has 0 aliphatic rings. The second-order valence-corrected chi connectivity index (χ2v) is 4.05. The van der Waals surface area contributed by atoms with Gasteiger partial charge in [-0.1, -0.05) is 0 Å². The maximum absolute atomic E-state index is 11.8. The first-order valence-corrected chi connectivity index (χ1v) is 5.96. The molecule has 0 unspecified atom stereocenters. The van der Waals surface area contributed by atoms with Gasteiger partial charge in [-0.25, -0.2) is 4.79 Å². The van der Waals surface area contributed by atoms with Gasteiger partial charge in [0.25, 0.3) is 5.91 Å². The van der Waals surface area contributed by atoms with Crippen LogP contribution in [0, 0.1) is 0 Å². The van der Waals surface area contributed by atoms with E-state index in [1.54, 1.807) is 26.1 Å². The molecule has 0 aromatic heterocycles. The predicted molar refractivity (Wildman–Crippen MR) is 74.8 cm³/mol. The van der Waals surface area contributed by atoms with Gasteiger partial charge in [0.05, 0.1) is 17.9 Å². The van der Waals surface area contributed by atoms with Crippen molar-refractivity contribution in [1.82, 2.24) is 5.32 Å². The highest BCUT2D eigenvalue weighted by atomic mass is 16.5. The fourth-order valence-electron chi connectivity index (χ4n) is 1.52. The van der Waals surface area contributed by atoms with E-state index < -0.39 is 6.09 Å². The number of carbonyl (C=O) groups excluding carboxylic acids is 2. The molecule has 0 atom stereocenters. The largest absolute Gasteiger partial charge is 0.450 e. The first-order chi connectivity index (χ1) is 8.99. The second-order valence-electron chi connectivity index (χ2n) is 4.05. The van der Waals surface area contributed by atoms with Crippen molar-refractivity contribution in [2.24, 2.45) is 0 Å². The van der Waals surface area contributed by atoms with Crippen LogP contribution in [0.3, 0.4) is 0 Å². The summed E-state index contributed by atoms with van der Waals surface area (Å²) in [4.78, 5) is 25.1. The molecule has 1 aromatic carbocycles. The zero-order chi connectivity index (χ0) is 14.4. The normalized spacial score (nSPS) is 9.68. The highest BCUT2D eigenvalue weighted by Gasteiger charge is 2.14. The topological polar surface area (TPSA) is 70.7 Å². The number of hydrogen-bond acceptors (Lipinski definition) is 4. The number of rotatable bonds is 4. The maximum atomic E-state index is 11.8. The molecule has 0 radical (unpaired) electrons. The summed E-state index contributed by atoms with van der Waals surface area (Å²) in [6.07, 6.45) is -0.578. The summed E-state index contributed by atoms with van der Waals surface area (Å²) < 4.78 is 4.80. The van der Waals surface area contributed by atoms with Gasteiger partial charge in [0, 0.05) is 26.8 Å². The second kappa shape index (κ2) is 6.63. The number of nitrogens with zero attached hydrogens (tertiary/aromatic N) is 1.